The normalized spacial score (nSPS) is 28.3. The Bertz CT molecular complexity index is 195. The smallest absolute Gasteiger partial charge is 0.00940 e. The molecule has 2 unspecified atom stereocenters. The van der Waals surface area contributed by atoms with Crippen LogP contribution in [0.3, 0.4) is 0 Å². The molecule has 2 atom stereocenters. The Kier molecular flexibility index (Phi) is 5.26. The third-order valence-electron chi connectivity index (χ3n) is 3.37. The Morgan fingerprint density at radius 1 is 1.31 bits per heavy atom. The van der Waals surface area contributed by atoms with E-state index in [2.05, 4.69) is 44.8 Å². The summed E-state index contributed by atoms with van der Waals surface area (Å²) in [4.78, 5) is 2.66. The highest BCUT2D eigenvalue weighted by Gasteiger charge is 2.27. The van der Waals surface area contributed by atoms with Gasteiger partial charge in [0.1, 0.15) is 0 Å². The van der Waals surface area contributed by atoms with Gasteiger partial charge in [-0.25, -0.2) is 0 Å². The standard InChI is InChI=1S/C14H30N2/c1-6-8-15-13-7-9-16(12(2)10-13)11-14(3,4)5/h12-13,15H,6-11H2,1-5H3. The molecule has 96 valence electrons. The Morgan fingerprint density at radius 2 is 2.00 bits per heavy atom. The molecule has 1 aliphatic rings. The van der Waals surface area contributed by atoms with Crippen LogP contribution >= 0.6 is 0 Å². The second kappa shape index (κ2) is 6.02. The summed E-state index contributed by atoms with van der Waals surface area (Å²) in [6.45, 7) is 15.3. The Morgan fingerprint density at radius 3 is 2.50 bits per heavy atom. The maximum Gasteiger partial charge on any atom is 0.00940 e. The highest BCUT2D eigenvalue weighted by atomic mass is 15.2. The number of nitrogens with zero attached hydrogens (tertiary/aromatic N) is 1. The molecular weight excluding hydrogens is 196 g/mol. The molecule has 1 saturated heterocycles. The van der Waals surface area contributed by atoms with Crippen LogP contribution in [-0.4, -0.2) is 36.6 Å². The van der Waals surface area contributed by atoms with Crippen LogP contribution in [0.4, 0.5) is 0 Å². The number of hydrogen-bond acceptors (Lipinski definition) is 2. The Balaban J connectivity index is 2.34. The molecule has 0 saturated carbocycles. The van der Waals surface area contributed by atoms with Crippen molar-refractivity contribution in [3.63, 3.8) is 0 Å². The lowest BCUT2D eigenvalue weighted by Gasteiger charge is -2.41. The average Bonchev–Trinajstić information content (AvgIpc) is 2.17. The minimum atomic E-state index is 0.429. The topological polar surface area (TPSA) is 15.3 Å². The van der Waals surface area contributed by atoms with Crippen molar-refractivity contribution in [1.82, 2.24) is 10.2 Å². The molecule has 1 aliphatic heterocycles. The number of nitrogens with one attached hydrogen (secondary N) is 1. The zero-order valence-electron chi connectivity index (χ0n) is 11.8. The van der Waals surface area contributed by atoms with E-state index in [4.69, 9.17) is 0 Å². The van der Waals surface area contributed by atoms with E-state index < -0.39 is 0 Å². The van der Waals surface area contributed by atoms with Gasteiger partial charge in [-0.1, -0.05) is 27.7 Å². The zero-order chi connectivity index (χ0) is 12.2. The predicted molar refractivity (Wildman–Crippen MR) is 71.8 cm³/mol. The summed E-state index contributed by atoms with van der Waals surface area (Å²) < 4.78 is 0. The fraction of sp³-hybridized carbons (Fsp3) is 1.00. The van der Waals surface area contributed by atoms with Gasteiger partial charge in [-0.15, -0.1) is 0 Å². The molecule has 1 heterocycles. The highest BCUT2D eigenvalue weighted by molar-refractivity contribution is 4.84. The van der Waals surface area contributed by atoms with Gasteiger partial charge in [-0.2, -0.15) is 0 Å². The van der Waals surface area contributed by atoms with Crippen molar-refractivity contribution in [2.24, 2.45) is 5.41 Å². The van der Waals surface area contributed by atoms with Crippen LogP contribution in [0.15, 0.2) is 0 Å². The third-order valence-corrected chi connectivity index (χ3v) is 3.37. The van der Waals surface area contributed by atoms with E-state index in [0.29, 0.717) is 5.41 Å². The molecule has 0 aromatic carbocycles. The van der Waals surface area contributed by atoms with Crippen molar-refractivity contribution in [2.75, 3.05) is 19.6 Å². The van der Waals surface area contributed by atoms with Gasteiger partial charge in [0.05, 0.1) is 0 Å². The van der Waals surface area contributed by atoms with E-state index in [9.17, 15) is 0 Å². The van der Waals surface area contributed by atoms with E-state index in [1.807, 2.05) is 0 Å². The third kappa shape index (κ3) is 4.84. The van der Waals surface area contributed by atoms with E-state index in [0.717, 1.165) is 12.1 Å². The van der Waals surface area contributed by atoms with E-state index in [1.165, 1.54) is 38.9 Å². The summed E-state index contributed by atoms with van der Waals surface area (Å²) in [5.74, 6) is 0. The van der Waals surface area contributed by atoms with E-state index in [1.54, 1.807) is 0 Å². The molecule has 0 spiro atoms. The minimum absolute atomic E-state index is 0.429. The van der Waals surface area contributed by atoms with Gasteiger partial charge in [0.25, 0.3) is 0 Å². The summed E-state index contributed by atoms with van der Waals surface area (Å²) in [6.07, 6.45) is 3.88. The van der Waals surface area contributed by atoms with Crippen LogP contribution in [-0.2, 0) is 0 Å². The lowest BCUT2D eigenvalue weighted by atomic mass is 9.91. The molecule has 0 amide bonds. The highest BCUT2D eigenvalue weighted by Crippen LogP contribution is 2.23. The molecule has 1 rings (SSSR count). The molecule has 0 aliphatic carbocycles. The number of hydrogen-bond donors (Lipinski definition) is 1. The van der Waals surface area contributed by atoms with Gasteiger partial charge in [0.2, 0.25) is 0 Å². The summed E-state index contributed by atoms with van der Waals surface area (Å²) >= 11 is 0. The van der Waals surface area contributed by atoms with Crippen LogP contribution in [0, 0.1) is 5.41 Å². The molecular formula is C14H30N2. The van der Waals surface area contributed by atoms with Gasteiger partial charge >= 0.3 is 0 Å². The zero-order valence-corrected chi connectivity index (χ0v) is 11.8. The monoisotopic (exact) mass is 226 g/mol. The molecule has 0 aromatic rings. The Labute approximate surface area is 102 Å². The first-order valence-corrected chi connectivity index (χ1v) is 6.90. The van der Waals surface area contributed by atoms with Gasteiger partial charge in [0, 0.05) is 18.6 Å². The lowest BCUT2D eigenvalue weighted by Crippen LogP contribution is -2.49. The fourth-order valence-corrected chi connectivity index (χ4v) is 2.60. The Hall–Kier alpha value is -0.0800. The summed E-state index contributed by atoms with van der Waals surface area (Å²) in [5, 5.41) is 3.66. The van der Waals surface area contributed by atoms with Gasteiger partial charge in [0.15, 0.2) is 0 Å². The van der Waals surface area contributed by atoms with Crippen molar-refractivity contribution < 1.29 is 0 Å². The second-order valence-electron chi connectivity index (χ2n) is 6.56. The fourth-order valence-electron chi connectivity index (χ4n) is 2.60. The molecule has 2 nitrogen and oxygen atoms in total. The molecule has 1 fully saturated rings. The van der Waals surface area contributed by atoms with Crippen LogP contribution < -0.4 is 5.32 Å². The van der Waals surface area contributed by atoms with Crippen LogP contribution in [0.1, 0.15) is 53.9 Å². The van der Waals surface area contributed by atoms with Crippen molar-refractivity contribution in [3.05, 3.63) is 0 Å². The summed E-state index contributed by atoms with van der Waals surface area (Å²) in [5.41, 5.74) is 0.429. The van der Waals surface area contributed by atoms with Gasteiger partial charge < -0.3 is 10.2 Å². The van der Waals surface area contributed by atoms with Crippen LogP contribution in [0.2, 0.25) is 0 Å². The van der Waals surface area contributed by atoms with Crippen molar-refractivity contribution in [2.45, 2.75) is 66.0 Å². The first-order chi connectivity index (χ1) is 7.42. The van der Waals surface area contributed by atoms with Gasteiger partial charge in [-0.3, -0.25) is 0 Å². The number of piperidine rings is 1. The largest absolute Gasteiger partial charge is 0.314 e. The molecule has 1 N–H and O–H groups in total. The van der Waals surface area contributed by atoms with E-state index in [-0.39, 0.29) is 0 Å². The van der Waals surface area contributed by atoms with Crippen molar-refractivity contribution >= 4 is 0 Å². The average molecular weight is 226 g/mol. The lowest BCUT2D eigenvalue weighted by molar-refractivity contribution is 0.0963. The van der Waals surface area contributed by atoms with Crippen LogP contribution in [0.25, 0.3) is 0 Å². The molecule has 16 heavy (non-hydrogen) atoms. The molecule has 0 radical (unpaired) electrons. The number of rotatable bonds is 4. The summed E-state index contributed by atoms with van der Waals surface area (Å²) in [6, 6.07) is 1.49. The van der Waals surface area contributed by atoms with Crippen molar-refractivity contribution in [3.8, 4) is 0 Å². The van der Waals surface area contributed by atoms with E-state index >= 15 is 0 Å². The SMILES string of the molecule is CCCNC1CCN(CC(C)(C)C)C(C)C1. The predicted octanol–water partition coefficient (Wildman–Crippen LogP) is 2.89. The maximum absolute atomic E-state index is 3.66. The first-order valence-electron chi connectivity index (χ1n) is 6.90. The summed E-state index contributed by atoms with van der Waals surface area (Å²) in [7, 11) is 0. The van der Waals surface area contributed by atoms with Crippen molar-refractivity contribution in [1.29, 1.82) is 0 Å². The molecule has 0 aromatic heterocycles. The molecule has 0 bridgehead atoms. The second-order valence-corrected chi connectivity index (χ2v) is 6.56. The quantitative estimate of drug-likeness (QED) is 0.793. The van der Waals surface area contributed by atoms with Crippen LogP contribution in [0.5, 0.6) is 0 Å². The van der Waals surface area contributed by atoms with Gasteiger partial charge in [-0.05, 0) is 44.7 Å². The maximum atomic E-state index is 3.66. The number of likely N-dealkylation sites (tertiary alicyclic amines) is 1. The minimum Gasteiger partial charge on any atom is -0.314 e. The first kappa shape index (κ1) is 14.0. The molecule has 2 heteroatoms.